The number of amides is 1. The number of carbonyl (C=O) groups is 1. The maximum atomic E-state index is 12.7. The predicted molar refractivity (Wildman–Crippen MR) is 106 cm³/mol. The van der Waals surface area contributed by atoms with Crippen LogP contribution in [-0.4, -0.2) is 38.0 Å². The highest BCUT2D eigenvalue weighted by Crippen LogP contribution is 2.15. The van der Waals surface area contributed by atoms with Gasteiger partial charge < -0.3 is 15.5 Å². The summed E-state index contributed by atoms with van der Waals surface area (Å²) in [5.74, 6) is 0.0952. The van der Waals surface area contributed by atoms with Crippen LogP contribution in [0, 0.1) is 0 Å². The van der Waals surface area contributed by atoms with Crippen LogP contribution in [0.5, 0.6) is 0 Å². The number of hydrogen-bond acceptors (Lipinski definition) is 3. The third-order valence-corrected chi connectivity index (χ3v) is 3.47. The molecule has 0 heterocycles. The van der Waals surface area contributed by atoms with Crippen molar-refractivity contribution in [3.05, 3.63) is 60.2 Å². The van der Waals surface area contributed by atoms with Crippen LogP contribution in [0.4, 0.5) is 11.4 Å². The van der Waals surface area contributed by atoms with Crippen molar-refractivity contribution < 1.29 is 4.79 Å². The average Bonchev–Trinajstić information content (AvgIpc) is 2.50. The van der Waals surface area contributed by atoms with Crippen molar-refractivity contribution in [1.29, 1.82) is 0 Å². The fourth-order valence-corrected chi connectivity index (χ4v) is 2.21. The normalized spacial score (nSPS) is 9.79. The van der Waals surface area contributed by atoms with E-state index in [0.29, 0.717) is 18.7 Å². The van der Waals surface area contributed by atoms with Gasteiger partial charge in [0.15, 0.2) is 0 Å². The minimum Gasteiger partial charge on any atom is -0.399 e. The van der Waals surface area contributed by atoms with Crippen LogP contribution >= 0.6 is 24.8 Å². The Bertz CT molecular complexity index is 603. The van der Waals surface area contributed by atoms with E-state index in [1.54, 1.807) is 0 Å². The zero-order valence-corrected chi connectivity index (χ0v) is 15.6. The Hall–Kier alpha value is -1.75. The number of para-hydroxylation sites is 1. The Morgan fingerprint density at radius 2 is 1.50 bits per heavy atom. The predicted octanol–water partition coefficient (Wildman–Crippen LogP) is 3.25. The third-order valence-electron chi connectivity index (χ3n) is 3.47. The van der Waals surface area contributed by atoms with Gasteiger partial charge >= 0.3 is 0 Å². The van der Waals surface area contributed by atoms with Crippen LogP contribution in [0.1, 0.15) is 5.56 Å². The summed E-state index contributed by atoms with van der Waals surface area (Å²) in [6.45, 7) is 1.49. The number of likely N-dealkylation sites (N-methyl/N-ethyl adjacent to an activating group) is 1. The lowest BCUT2D eigenvalue weighted by atomic mass is 10.1. The zero-order chi connectivity index (χ0) is 15.9. The quantitative estimate of drug-likeness (QED) is 0.795. The summed E-state index contributed by atoms with van der Waals surface area (Å²) in [7, 11) is 4.02. The Balaban J connectivity index is 0.00000264. The molecule has 0 aliphatic carbocycles. The lowest BCUT2D eigenvalue weighted by Crippen LogP contribution is -2.37. The first-order valence-electron chi connectivity index (χ1n) is 7.41. The first-order valence-corrected chi connectivity index (χ1v) is 7.41. The van der Waals surface area contributed by atoms with E-state index >= 15 is 0 Å². The molecule has 0 aromatic heterocycles. The summed E-state index contributed by atoms with van der Waals surface area (Å²) in [5, 5.41) is 0. The first-order chi connectivity index (χ1) is 10.6. The van der Waals surface area contributed by atoms with Gasteiger partial charge in [0, 0.05) is 24.5 Å². The van der Waals surface area contributed by atoms with Gasteiger partial charge in [0.2, 0.25) is 5.91 Å². The summed E-state index contributed by atoms with van der Waals surface area (Å²) in [6.07, 6.45) is 0.378. The summed E-state index contributed by atoms with van der Waals surface area (Å²) in [5.41, 5.74) is 8.31. The smallest absolute Gasteiger partial charge is 0.231 e. The van der Waals surface area contributed by atoms with Gasteiger partial charge in [-0.15, -0.1) is 24.8 Å². The third kappa shape index (κ3) is 6.79. The summed E-state index contributed by atoms with van der Waals surface area (Å²) in [6, 6.07) is 17.3. The molecule has 2 aromatic rings. The van der Waals surface area contributed by atoms with Crippen molar-refractivity contribution >= 4 is 42.1 Å². The number of nitrogens with zero attached hydrogens (tertiary/aromatic N) is 2. The SMILES string of the molecule is CN(C)CCN(C(=O)Cc1ccc(N)cc1)c1ccccc1.Cl.Cl. The van der Waals surface area contributed by atoms with E-state index in [2.05, 4.69) is 4.90 Å². The summed E-state index contributed by atoms with van der Waals surface area (Å²) < 4.78 is 0. The molecule has 0 radical (unpaired) electrons. The molecule has 0 spiro atoms. The van der Waals surface area contributed by atoms with E-state index in [9.17, 15) is 4.79 Å². The molecule has 0 saturated heterocycles. The second-order valence-electron chi connectivity index (χ2n) is 5.60. The fraction of sp³-hybridized carbons (Fsp3) is 0.278. The molecule has 6 heteroatoms. The van der Waals surface area contributed by atoms with E-state index in [1.807, 2.05) is 73.6 Å². The second kappa shape index (κ2) is 10.9. The van der Waals surface area contributed by atoms with Gasteiger partial charge in [-0.1, -0.05) is 30.3 Å². The van der Waals surface area contributed by atoms with Crippen LogP contribution in [0.2, 0.25) is 0 Å². The van der Waals surface area contributed by atoms with E-state index in [0.717, 1.165) is 17.8 Å². The molecule has 0 aliphatic heterocycles. The molecule has 4 nitrogen and oxygen atoms in total. The highest BCUT2D eigenvalue weighted by atomic mass is 35.5. The molecule has 0 unspecified atom stereocenters. The van der Waals surface area contributed by atoms with E-state index in [-0.39, 0.29) is 30.7 Å². The summed E-state index contributed by atoms with van der Waals surface area (Å²) in [4.78, 5) is 16.6. The van der Waals surface area contributed by atoms with Crippen molar-refractivity contribution in [2.45, 2.75) is 6.42 Å². The van der Waals surface area contributed by atoms with E-state index < -0.39 is 0 Å². The minimum atomic E-state index is 0. The second-order valence-corrected chi connectivity index (χ2v) is 5.60. The molecule has 2 rings (SSSR count). The molecule has 0 bridgehead atoms. The number of carbonyl (C=O) groups excluding carboxylic acids is 1. The van der Waals surface area contributed by atoms with Crippen LogP contribution in [0.3, 0.4) is 0 Å². The van der Waals surface area contributed by atoms with Crippen molar-refractivity contribution in [2.24, 2.45) is 0 Å². The maximum Gasteiger partial charge on any atom is 0.231 e. The van der Waals surface area contributed by atoms with Crippen LogP contribution in [0.25, 0.3) is 0 Å². The van der Waals surface area contributed by atoms with Crippen molar-refractivity contribution in [3.8, 4) is 0 Å². The van der Waals surface area contributed by atoms with Gasteiger partial charge in [-0.3, -0.25) is 4.79 Å². The number of rotatable bonds is 6. The lowest BCUT2D eigenvalue weighted by molar-refractivity contribution is -0.118. The molecule has 2 aromatic carbocycles. The Morgan fingerprint density at radius 3 is 2.04 bits per heavy atom. The molecule has 24 heavy (non-hydrogen) atoms. The molecule has 0 fully saturated rings. The number of halogens is 2. The molecule has 0 atom stereocenters. The highest BCUT2D eigenvalue weighted by molar-refractivity contribution is 5.94. The van der Waals surface area contributed by atoms with Gasteiger partial charge in [-0.05, 0) is 43.9 Å². The molecular formula is C18H25Cl2N3O. The van der Waals surface area contributed by atoms with Gasteiger partial charge in [-0.2, -0.15) is 0 Å². The van der Waals surface area contributed by atoms with Crippen LogP contribution in [0.15, 0.2) is 54.6 Å². The maximum absolute atomic E-state index is 12.7. The van der Waals surface area contributed by atoms with Gasteiger partial charge in [-0.25, -0.2) is 0 Å². The van der Waals surface area contributed by atoms with Crippen molar-refractivity contribution in [1.82, 2.24) is 4.90 Å². The average molecular weight is 370 g/mol. The lowest BCUT2D eigenvalue weighted by Gasteiger charge is -2.24. The topological polar surface area (TPSA) is 49.6 Å². The molecular weight excluding hydrogens is 345 g/mol. The zero-order valence-electron chi connectivity index (χ0n) is 14.0. The van der Waals surface area contributed by atoms with Crippen LogP contribution in [-0.2, 0) is 11.2 Å². The number of hydrogen-bond donors (Lipinski definition) is 1. The van der Waals surface area contributed by atoms with Gasteiger partial charge in [0.1, 0.15) is 0 Å². The molecule has 0 saturated carbocycles. The monoisotopic (exact) mass is 369 g/mol. The Labute approximate surface area is 156 Å². The van der Waals surface area contributed by atoms with Crippen molar-refractivity contribution in [2.75, 3.05) is 37.8 Å². The number of anilines is 2. The highest BCUT2D eigenvalue weighted by Gasteiger charge is 2.16. The largest absolute Gasteiger partial charge is 0.399 e. The van der Waals surface area contributed by atoms with Gasteiger partial charge in [0.25, 0.3) is 0 Å². The molecule has 2 N–H and O–H groups in total. The first kappa shape index (κ1) is 22.2. The van der Waals surface area contributed by atoms with Gasteiger partial charge in [0.05, 0.1) is 6.42 Å². The van der Waals surface area contributed by atoms with Crippen molar-refractivity contribution in [3.63, 3.8) is 0 Å². The number of nitrogen functional groups attached to an aromatic ring is 1. The standard InChI is InChI=1S/C18H23N3O.2ClH/c1-20(2)12-13-21(17-6-4-3-5-7-17)18(22)14-15-8-10-16(19)11-9-15;;/h3-11H,12-14,19H2,1-2H3;2*1H. The molecule has 1 amide bonds. The Morgan fingerprint density at radius 1 is 0.917 bits per heavy atom. The number of benzene rings is 2. The fourth-order valence-electron chi connectivity index (χ4n) is 2.21. The number of nitrogens with two attached hydrogens (primary N) is 1. The molecule has 132 valence electrons. The van der Waals surface area contributed by atoms with E-state index in [1.165, 1.54) is 0 Å². The van der Waals surface area contributed by atoms with Crippen LogP contribution < -0.4 is 10.6 Å². The summed E-state index contributed by atoms with van der Waals surface area (Å²) >= 11 is 0. The minimum absolute atomic E-state index is 0. The molecule has 0 aliphatic rings. The van der Waals surface area contributed by atoms with E-state index in [4.69, 9.17) is 5.73 Å². The Kier molecular flexibility index (Phi) is 10.1.